The fraction of sp³-hybridized carbons (Fsp3) is 0.500. The number of ether oxygens (including phenoxy) is 2. The third kappa shape index (κ3) is 4.25. The SMILES string of the molecule is CCOC(=O)N1CCN(C(=O)c2ccc(OC)c(S(=O)(=O)NC)c2)CC1. The predicted molar refractivity (Wildman–Crippen MR) is 93.7 cm³/mol. The van der Waals surface area contributed by atoms with Crippen LogP contribution in [-0.2, 0) is 14.8 Å². The first-order chi connectivity index (χ1) is 12.3. The first-order valence-electron chi connectivity index (χ1n) is 8.16. The molecule has 1 aliphatic heterocycles. The molecule has 0 atom stereocenters. The summed E-state index contributed by atoms with van der Waals surface area (Å²) in [5, 5.41) is 0. The van der Waals surface area contributed by atoms with E-state index in [0.29, 0.717) is 32.8 Å². The van der Waals surface area contributed by atoms with Crippen LogP contribution < -0.4 is 9.46 Å². The normalized spacial score (nSPS) is 14.9. The molecular formula is C16H23N3O6S. The summed E-state index contributed by atoms with van der Waals surface area (Å²) in [5.74, 6) is -0.147. The lowest BCUT2D eigenvalue weighted by Crippen LogP contribution is -2.50. The summed E-state index contributed by atoms with van der Waals surface area (Å²) in [6, 6.07) is 4.27. The van der Waals surface area contributed by atoms with Crippen molar-refractivity contribution >= 4 is 22.0 Å². The van der Waals surface area contributed by atoms with Crippen molar-refractivity contribution in [1.82, 2.24) is 14.5 Å². The highest BCUT2D eigenvalue weighted by Crippen LogP contribution is 2.25. The smallest absolute Gasteiger partial charge is 0.409 e. The summed E-state index contributed by atoms with van der Waals surface area (Å²) < 4.78 is 36.5. The average molecular weight is 385 g/mol. The molecule has 1 aromatic carbocycles. The first kappa shape index (κ1) is 20.0. The molecule has 2 rings (SSSR count). The van der Waals surface area contributed by atoms with E-state index in [1.807, 2.05) is 0 Å². The first-order valence-corrected chi connectivity index (χ1v) is 9.65. The molecule has 2 amide bonds. The zero-order valence-corrected chi connectivity index (χ0v) is 15.8. The van der Waals surface area contributed by atoms with Gasteiger partial charge in [0.1, 0.15) is 10.6 Å². The number of carbonyl (C=O) groups excluding carboxylic acids is 2. The van der Waals surface area contributed by atoms with Crippen LogP contribution in [0.5, 0.6) is 5.75 Å². The zero-order chi connectivity index (χ0) is 19.3. The topological polar surface area (TPSA) is 105 Å². The van der Waals surface area contributed by atoms with Crippen LogP contribution in [0.4, 0.5) is 4.79 Å². The number of amides is 2. The number of methoxy groups -OCH3 is 1. The molecule has 1 heterocycles. The van der Waals surface area contributed by atoms with E-state index in [9.17, 15) is 18.0 Å². The standard InChI is InChI=1S/C16H23N3O6S/c1-4-25-16(21)19-9-7-18(8-10-19)15(20)12-5-6-13(24-3)14(11-12)26(22,23)17-2/h5-6,11,17H,4,7-10H2,1-3H3. The maximum atomic E-state index is 12.7. The molecule has 0 aliphatic carbocycles. The van der Waals surface area contributed by atoms with Gasteiger partial charge in [-0.15, -0.1) is 0 Å². The predicted octanol–water partition coefficient (Wildman–Crippen LogP) is 0.518. The number of benzene rings is 1. The Morgan fingerprint density at radius 2 is 1.77 bits per heavy atom. The van der Waals surface area contributed by atoms with Crippen molar-refractivity contribution in [1.29, 1.82) is 0 Å². The van der Waals surface area contributed by atoms with Gasteiger partial charge in [0.05, 0.1) is 13.7 Å². The fourth-order valence-corrected chi connectivity index (χ4v) is 3.54. The van der Waals surface area contributed by atoms with Crippen LogP contribution in [-0.4, -0.2) is 77.2 Å². The lowest BCUT2D eigenvalue weighted by atomic mass is 10.1. The van der Waals surface area contributed by atoms with Gasteiger partial charge in [-0.25, -0.2) is 17.9 Å². The third-order valence-corrected chi connectivity index (χ3v) is 5.50. The van der Waals surface area contributed by atoms with E-state index in [4.69, 9.17) is 9.47 Å². The molecule has 1 saturated heterocycles. The summed E-state index contributed by atoms with van der Waals surface area (Å²) >= 11 is 0. The molecule has 0 spiro atoms. The molecule has 10 heteroatoms. The number of nitrogens with zero attached hydrogens (tertiary/aromatic N) is 2. The van der Waals surface area contributed by atoms with Crippen molar-refractivity contribution < 1.29 is 27.5 Å². The van der Waals surface area contributed by atoms with Crippen LogP contribution >= 0.6 is 0 Å². The van der Waals surface area contributed by atoms with Crippen molar-refractivity contribution in [2.75, 3.05) is 46.9 Å². The summed E-state index contributed by atoms with van der Waals surface area (Å²) in [7, 11) is -1.12. The van der Waals surface area contributed by atoms with Gasteiger partial charge in [0, 0.05) is 31.7 Å². The highest BCUT2D eigenvalue weighted by molar-refractivity contribution is 7.89. The van der Waals surface area contributed by atoms with Crippen LogP contribution in [0.15, 0.2) is 23.1 Å². The van der Waals surface area contributed by atoms with Gasteiger partial charge in [-0.3, -0.25) is 4.79 Å². The van der Waals surface area contributed by atoms with Crippen molar-refractivity contribution in [3.8, 4) is 5.75 Å². The van der Waals surface area contributed by atoms with Crippen LogP contribution in [0, 0.1) is 0 Å². The summed E-state index contributed by atoms with van der Waals surface area (Å²) in [4.78, 5) is 27.4. The quantitative estimate of drug-likeness (QED) is 0.792. The van der Waals surface area contributed by atoms with Crippen LogP contribution in [0.25, 0.3) is 0 Å². The van der Waals surface area contributed by atoms with Gasteiger partial charge in [0.2, 0.25) is 10.0 Å². The van der Waals surface area contributed by atoms with Gasteiger partial charge in [0.25, 0.3) is 5.91 Å². The number of hydrogen-bond acceptors (Lipinski definition) is 6. The van der Waals surface area contributed by atoms with Gasteiger partial charge >= 0.3 is 6.09 Å². The Labute approximate surface area is 152 Å². The van der Waals surface area contributed by atoms with E-state index in [0.717, 1.165) is 0 Å². The van der Waals surface area contributed by atoms with Gasteiger partial charge < -0.3 is 19.3 Å². The largest absolute Gasteiger partial charge is 0.495 e. The molecule has 1 aliphatic rings. The maximum Gasteiger partial charge on any atom is 0.409 e. The average Bonchev–Trinajstić information content (AvgIpc) is 2.67. The Hall–Kier alpha value is -2.33. The lowest BCUT2D eigenvalue weighted by molar-refractivity contribution is 0.0570. The number of hydrogen-bond donors (Lipinski definition) is 1. The maximum absolute atomic E-state index is 12.7. The number of carbonyl (C=O) groups is 2. The minimum Gasteiger partial charge on any atom is -0.495 e. The molecule has 0 bridgehead atoms. The van der Waals surface area contributed by atoms with Gasteiger partial charge in [0.15, 0.2) is 0 Å². The van der Waals surface area contributed by atoms with E-state index in [1.165, 1.54) is 37.3 Å². The molecule has 1 aromatic rings. The fourth-order valence-electron chi connectivity index (χ4n) is 2.62. The minimum atomic E-state index is -3.77. The van der Waals surface area contributed by atoms with Gasteiger partial charge in [-0.05, 0) is 32.2 Å². The second-order valence-corrected chi connectivity index (χ2v) is 7.41. The van der Waals surface area contributed by atoms with E-state index in [-0.39, 0.29) is 22.1 Å². The summed E-state index contributed by atoms with van der Waals surface area (Å²) in [6.45, 7) is 3.45. The highest BCUT2D eigenvalue weighted by Gasteiger charge is 2.27. The highest BCUT2D eigenvalue weighted by atomic mass is 32.2. The van der Waals surface area contributed by atoms with E-state index in [2.05, 4.69) is 4.72 Å². The second kappa shape index (κ2) is 8.37. The van der Waals surface area contributed by atoms with Gasteiger partial charge in [-0.2, -0.15) is 0 Å². The van der Waals surface area contributed by atoms with Crippen molar-refractivity contribution in [2.24, 2.45) is 0 Å². The summed E-state index contributed by atoms with van der Waals surface area (Å²) in [6.07, 6.45) is -0.397. The number of sulfonamides is 1. The van der Waals surface area contributed by atoms with Crippen LogP contribution in [0.3, 0.4) is 0 Å². The van der Waals surface area contributed by atoms with Crippen molar-refractivity contribution in [3.05, 3.63) is 23.8 Å². The van der Waals surface area contributed by atoms with Crippen molar-refractivity contribution in [2.45, 2.75) is 11.8 Å². The Morgan fingerprint density at radius 1 is 1.15 bits per heavy atom. The molecule has 9 nitrogen and oxygen atoms in total. The third-order valence-electron chi connectivity index (χ3n) is 4.06. The number of rotatable bonds is 5. The zero-order valence-electron chi connectivity index (χ0n) is 15.0. The lowest BCUT2D eigenvalue weighted by Gasteiger charge is -2.34. The molecule has 0 saturated carbocycles. The molecule has 0 aromatic heterocycles. The van der Waals surface area contributed by atoms with Gasteiger partial charge in [-0.1, -0.05) is 0 Å². The monoisotopic (exact) mass is 385 g/mol. The molecule has 144 valence electrons. The summed E-state index contributed by atoms with van der Waals surface area (Å²) in [5.41, 5.74) is 0.240. The van der Waals surface area contributed by atoms with Crippen LogP contribution in [0.2, 0.25) is 0 Å². The second-order valence-electron chi connectivity index (χ2n) is 5.55. The molecular weight excluding hydrogens is 362 g/mol. The Morgan fingerprint density at radius 3 is 2.31 bits per heavy atom. The Balaban J connectivity index is 2.16. The van der Waals surface area contributed by atoms with E-state index in [1.54, 1.807) is 11.8 Å². The molecule has 1 fully saturated rings. The Bertz CT molecular complexity index is 772. The number of piperazine rings is 1. The van der Waals surface area contributed by atoms with E-state index >= 15 is 0 Å². The molecule has 1 N–H and O–H groups in total. The van der Waals surface area contributed by atoms with E-state index < -0.39 is 16.1 Å². The van der Waals surface area contributed by atoms with Crippen LogP contribution in [0.1, 0.15) is 17.3 Å². The molecule has 0 unspecified atom stereocenters. The number of nitrogens with one attached hydrogen (secondary N) is 1. The van der Waals surface area contributed by atoms with Crippen molar-refractivity contribution in [3.63, 3.8) is 0 Å². The minimum absolute atomic E-state index is 0.0986. The molecule has 26 heavy (non-hydrogen) atoms. The Kier molecular flexibility index (Phi) is 6.43. The molecule has 0 radical (unpaired) electrons.